The lowest BCUT2D eigenvalue weighted by atomic mass is 10.7. The van der Waals surface area contributed by atoms with Crippen LogP contribution in [0.15, 0.2) is 11.6 Å². The summed E-state index contributed by atoms with van der Waals surface area (Å²) in [6, 6.07) is 0. The van der Waals surface area contributed by atoms with Gasteiger partial charge in [0.1, 0.15) is 5.01 Å². The zero-order chi connectivity index (χ0) is 7.40. The quantitative estimate of drug-likeness (QED) is 0.672. The van der Waals surface area contributed by atoms with Gasteiger partial charge in [0.2, 0.25) is 0 Å². The van der Waals surface area contributed by atoms with Crippen LogP contribution in [0.2, 0.25) is 0 Å². The van der Waals surface area contributed by atoms with Crippen LogP contribution in [-0.4, -0.2) is 16.2 Å². The van der Waals surface area contributed by atoms with Gasteiger partial charge < -0.3 is 10.4 Å². The number of nitrogens with one attached hydrogen (secondary N) is 1. The van der Waals surface area contributed by atoms with Gasteiger partial charge in [-0.05, 0) is 0 Å². The molecule has 1 heterocycles. The van der Waals surface area contributed by atoms with E-state index < -0.39 is 6.09 Å². The van der Waals surface area contributed by atoms with Crippen molar-refractivity contribution >= 4 is 17.4 Å². The molecule has 0 unspecified atom stereocenters. The van der Waals surface area contributed by atoms with E-state index in [2.05, 4.69) is 10.3 Å². The lowest BCUT2D eigenvalue weighted by molar-refractivity contribution is 0.194. The fraction of sp³-hybridized carbons (Fsp3) is 0.200. The minimum Gasteiger partial charge on any atom is -0.465 e. The number of thiazole rings is 1. The third-order valence-electron chi connectivity index (χ3n) is 0.874. The molecule has 1 rings (SSSR count). The van der Waals surface area contributed by atoms with Crippen LogP contribution in [0.5, 0.6) is 0 Å². The standard InChI is InChI=1S/C5H6N2O2S/c8-5(9)7-3-4-6-1-2-10-4/h1-2,7H,3H2,(H,8,9). The minimum absolute atomic E-state index is 0.299. The number of carbonyl (C=O) groups is 1. The van der Waals surface area contributed by atoms with Crippen LogP contribution >= 0.6 is 11.3 Å². The first-order valence-electron chi connectivity index (χ1n) is 2.64. The van der Waals surface area contributed by atoms with Crippen LogP contribution in [-0.2, 0) is 6.54 Å². The maximum absolute atomic E-state index is 9.96. The summed E-state index contributed by atoms with van der Waals surface area (Å²) in [7, 11) is 0. The summed E-state index contributed by atoms with van der Waals surface area (Å²) in [6.07, 6.45) is 0.624. The van der Waals surface area contributed by atoms with Crippen molar-refractivity contribution in [2.45, 2.75) is 6.54 Å². The van der Waals surface area contributed by atoms with E-state index in [1.165, 1.54) is 11.3 Å². The SMILES string of the molecule is O=C(O)NCc1nccs1. The molecule has 2 N–H and O–H groups in total. The normalized spacial score (nSPS) is 9.20. The van der Waals surface area contributed by atoms with Gasteiger partial charge in [0.15, 0.2) is 0 Å². The molecule has 0 bridgehead atoms. The van der Waals surface area contributed by atoms with E-state index in [-0.39, 0.29) is 0 Å². The predicted molar refractivity (Wildman–Crippen MR) is 37.0 cm³/mol. The Morgan fingerprint density at radius 2 is 2.70 bits per heavy atom. The molecular weight excluding hydrogens is 152 g/mol. The fourth-order valence-electron chi connectivity index (χ4n) is 0.491. The van der Waals surface area contributed by atoms with Crippen molar-refractivity contribution in [2.24, 2.45) is 0 Å². The maximum atomic E-state index is 9.96. The Labute approximate surface area is 61.5 Å². The van der Waals surface area contributed by atoms with Crippen LogP contribution in [0.1, 0.15) is 5.01 Å². The van der Waals surface area contributed by atoms with Gasteiger partial charge in [-0.2, -0.15) is 0 Å². The summed E-state index contributed by atoms with van der Waals surface area (Å²) in [5.74, 6) is 0. The minimum atomic E-state index is -1.02. The molecule has 0 aromatic carbocycles. The molecule has 0 aliphatic carbocycles. The molecule has 0 radical (unpaired) electrons. The molecule has 4 nitrogen and oxygen atoms in total. The molecule has 1 amide bonds. The first kappa shape index (κ1) is 7.01. The molecule has 0 aliphatic rings. The average Bonchev–Trinajstić information content (AvgIpc) is 2.34. The topological polar surface area (TPSA) is 62.2 Å². The molecule has 54 valence electrons. The molecule has 1 aromatic rings. The Morgan fingerprint density at radius 3 is 3.20 bits per heavy atom. The Bertz CT molecular complexity index is 209. The van der Waals surface area contributed by atoms with Crippen LogP contribution in [0.3, 0.4) is 0 Å². The van der Waals surface area contributed by atoms with Crippen LogP contribution < -0.4 is 5.32 Å². The van der Waals surface area contributed by atoms with Gasteiger partial charge in [-0.15, -0.1) is 11.3 Å². The second kappa shape index (κ2) is 3.17. The number of nitrogens with zero attached hydrogens (tertiary/aromatic N) is 1. The number of hydrogen-bond donors (Lipinski definition) is 2. The molecular formula is C5H6N2O2S. The zero-order valence-corrected chi connectivity index (χ0v) is 5.89. The summed E-state index contributed by atoms with van der Waals surface area (Å²) in [5, 5.41) is 13.0. The van der Waals surface area contributed by atoms with E-state index in [1.54, 1.807) is 11.6 Å². The zero-order valence-electron chi connectivity index (χ0n) is 5.07. The Balaban J connectivity index is 2.35. The second-order valence-corrected chi connectivity index (χ2v) is 2.56. The lowest BCUT2D eigenvalue weighted by Gasteiger charge is -1.93. The summed E-state index contributed by atoms with van der Waals surface area (Å²) in [6.45, 7) is 0.299. The lowest BCUT2D eigenvalue weighted by Crippen LogP contribution is -2.19. The number of carboxylic acid groups (broad SMARTS) is 1. The van der Waals surface area contributed by atoms with Crippen molar-refractivity contribution in [3.63, 3.8) is 0 Å². The van der Waals surface area contributed by atoms with Gasteiger partial charge in [-0.25, -0.2) is 9.78 Å². The van der Waals surface area contributed by atoms with E-state index in [0.717, 1.165) is 5.01 Å². The van der Waals surface area contributed by atoms with Crippen LogP contribution in [0, 0.1) is 0 Å². The summed E-state index contributed by atoms with van der Waals surface area (Å²) < 4.78 is 0. The van der Waals surface area contributed by atoms with Crippen LogP contribution in [0.4, 0.5) is 4.79 Å². The van der Waals surface area contributed by atoms with Gasteiger partial charge in [-0.3, -0.25) is 0 Å². The third-order valence-corrected chi connectivity index (χ3v) is 1.65. The van der Waals surface area contributed by atoms with Crippen molar-refractivity contribution in [3.8, 4) is 0 Å². The fourth-order valence-corrected chi connectivity index (χ4v) is 1.05. The Kier molecular flexibility index (Phi) is 2.22. The molecule has 0 saturated heterocycles. The molecule has 1 aromatic heterocycles. The molecule has 0 aliphatic heterocycles. The van der Waals surface area contributed by atoms with Crippen molar-refractivity contribution in [2.75, 3.05) is 0 Å². The third kappa shape index (κ3) is 2.02. The first-order valence-corrected chi connectivity index (χ1v) is 3.52. The van der Waals surface area contributed by atoms with Crippen molar-refractivity contribution < 1.29 is 9.90 Å². The first-order chi connectivity index (χ1) is 4.79. The molecule has 0 spiro atoms. The number of hydrogen-bond acceptors (Lipinski definition) is 3. The highest BCUT2D eigenvalue weighted by molar-refractivity contribution is 7.09. The van der Waals surface area contributed by atoms with Gasteiger partial charge in [-0.1, -0.05) is 0 Å². The molecule has 0 saturated carbocycles. The van der Waals surface area contributed by atoms with Crippen molar-refractivity contribution in [3.05, 3.63) is 16.6 Å². The number of rotatable bonds is 2. The van der Waals surface area contributed by atoms with Crippen LogP contribution in [0.25, 0.3) is 0 Å². The summed E-state index contributed by atoms with van der Waals surface area (Å²) in [4.78, 5) is 13.8. The average molecular weight is 158 g/mol. The van der Waals surface area contributed by atoms with Crippen molar-refractivity contribution in [1.82, 2.24) is 10.3 Å². The highest BCUT2D eigenvalue weighted by atomic mass is 32.1. The van der Waals surface area contributed by atoms with E-state index >= 15 is 0 Å². The largest absolute Gasteiger partial charge is 0.465 e. The Morgan fingerprint density at radius 1 is 1.90 bits per heavy atom. The molecule has 0 atom stereocenters. The summed E-state index contributed by atoms with van der Waals surface area (Å²) >= 11 is 1.43. The van der Waals surface area contributed by atoms with Gasteiger partial charge in [0.05, 0.1) is 6.54 Å². The molecule has 10 heavy (non-hydrogen) atoms. The Hall–Kier alpha value is -1.10. The second-order valence-electron chi connectivity index (χ2n) is 1.58. The van der Waals surface area contributed by atoms with Gasteiger partial charge in [0, 0.05) is 11.6 Å². The molecule has 0 fully saturated rings. The monoisotopic (exact) mass is 158 g/mol. The maximum Gasteiger partial charge on any atom is 0.405 e. The highest BCUT2D eigenvalue weighted by Crippen LogP contribution is 2.01. The van der Waals surface area contributed by atoms with E-state index in [1.807, 2.05) is 0 Å². The number of aromatic nitrogens is 1. The number of amides is 1. The summed E-state index contributed by atoms with van der Waals surface area (Å²) in [5.41, 5.74) is 0. The smallest absolute Gasteiger partial charge is 0.405 e. The van der Waals surface area contributed by atoms with Crippen molar-refractivity contribution in [1.29, 1.82) is 0 Å². The van der Waals surface area contributed by atoms with Gasteiger partial charge in [0.25, 0.3) is 0 Å². The molecule has 5 heteroatoms. The van der Waals surface area contributed by atoms with E-state index in [4.69, 9.17) is 5.11 Å². The predicted octanol–water partition coefficient (Wildman–Crippen LogP) is 0.911. The van der Waals surface area contributed by atoms with E-state index in [0.29, 0.717) is 6.54 Å². The highest BCUT2D eigenvalue weighted by Gasteiger charge is 1.96. The van der Waals surface area contributed by atoms with Gasteiger partial charge >= 0.3 is 6.09 Å². The van der Waals surface area contributed by atoms with E-state index in [9.17, 15) is 4.79 Å².